The zero-order valence-electron chi connectivity index (χ0n) is 18.0. The summed E-state index contributed by atoms with van der Waals surface area (Å²) in [6.07, 6.45) is -0.383. The van der Waals surface area contributed by atoms with Crippen LogP contribution in [0.4, 0.5) is 0 Å². The van der Waals surface area contributed by atoms with E-state index in [4.69, 9.17) is 26.7 Å². The van der Waals surface area contributed by atoms with E-state index in [-0.39, 0.29) is 29.7 Å². The van der Waals surface area contributed by atoms with Gasteiger partial charge < -0.3 is 35.9 Å². The van der Waals surface area contributed by atoms with Gasteiger partial charge in [-0.25, -0.2) is 0 Å². The van der Waals surface area contributed by atoms with Crippen molar-refractivity contribution in [2.75, 3.05) is 13.2 Å². The van der Waals surface area contributed by atoms with Crippen molar-refractivity contribution in [2.45, 2.75) is 46.3 Å². The van der Waals surface area contributed by atoms with Crippen LogP contribution in [0.2, 0.25) is 5.02 Å². The third-order valence-corrected chi connectivity index (χ3v) is 5.07. The van der Waals surface area contributed by atoms with Crippen LogP contribution in [0.3, 0.4) is 0 Å². The molecule has 31 heavy (non-hydrogen) atoms. The van der Waals surface area contributed by atoms with Gasteiger partial charge in [-0.3, -0.25) is 9.59 Å². The van der Waals surface area contributed by atoms with Crippen molar-refractivity contribution in [1.82, 2.24) is 10.6 Å². The fourth-order valence-electron chi connectivity index (χ4n) is 2.60. The van der Waals surface area contributed by atoms with Gasteiger partial charge in [0.25, 0.3) is 5.91 Å². The Morgan fingerprint density at radius 1 is 1.23 bits per heavy atom. The van der Waals surface area contributed by atoms with Gasteiger partial charge in [0.15, 0.2) is 0 Å². The number of rotatable bonds is 9. The molecular weight excluding hydrogens is 494 g/mol. The summed E-state index contributed by atoms with van der Waals surface area (Å²) in [6.45, 7) is 6.96. The van der Waals surface area contributed by atoms with E-state index in [1.54, 1.807) is 32.0 Å². The maximum atomic E-state index is 12.3. The molecule has 0 saturated carbocycles. The molecule has 0 aliphatic rings. The summed E-state index contributed by atoms with van der Waals surface area (Å²) in [5.41, 5.74) is -0.501. The molecule has 0 radical (unpaired) electrons. The minimum atomic E-state index is -2.17. The van der Waals surface area contributed by atoms with Crippen LogP contribution in [0.1, 0.15) is 44.5 Å². The average molecular weight is 526 g/mol. The molecule has 7 N–H and O–H groups in total. The summed E-state index contributed by atoms with van der Waals surface area (Å²) in [5, 5.41) is 47.1. The monoisotopic (exact) mass is 524 g/mol. The summed E-state index contributed by atoms with van der Waals surface area (Å²) in [6, 6.07) is 4.34. The largest absolute Gasteiger partial charge is 0.631 e. The van der Waals surface area contributed by atoms with Crippen LogP contribution < -0.4 is 10.6 Å². The number of benzene rings is 1. The maximum Gasteiger partial charge on any atom is 0.631 e. The molecule has 2 amide bonds. The predicted molar refractivity (Wildman–Crippen MR) is 122 cm³/mol. The molecule has 0 heterocycles. The molecule has 12 heteroatoms. The van der Waals surface area contributed by atoms with Crippen molar-refractivity contribution in [3.63, 3.8) is 0 Å². The highest BCUT2D eigenvalue weighted by atomic mass is 79.9. The Kier molecular flexibility index (Phi) is 13.5. The number of nitrogens with one attached hydrogen (secondary N) is 2. The summed E-state index contributed by atoms with van der Waals surface area (Å²) in [7, 11) is -2.17. The molecule has 2 atom stereocenters. The third kappa shape index (κ3) is 11.8. The van der Waals surface area contributed by atoms with E-state index in [0.29, 0.717) is 10.9 Å². The fourth-order valence-corrected chi connectivity index (χ4v) is 3.16. The summed E-state index contributed by atoms with van der Waals surface area (Å²) in [5.74, 6) is -0.657. The molecule has 1 unspecified atom stereocenters. The first-order valence-corrected chi connectivity index (χ1v) is 10.7. The maximum absolute atomic E-state index is 12.3. The lowest BCUT2D eigenvalue weighted by molar-refractivity contribution is -0.123. The number of halogens is 2. The van der Waals surface area contributed by atoms with Crippen LogP contribution in [-0.4, -0.2) is 69.7 Å². The van der Waals surface area contributed by atoms with Crippen molar-refractivity contribution in [3.8, 4) is 0 Å². The van der Waals surface area contributed by atoms with Gasteiger partial charge >= 0.3 is 7.32 Å². The molecule has 0 aliphatic carbocycles. The Bertz CT molecular complexity index is 720. The van der Waals surface area contributed by atoms with Crippen LogP contribution >= 0.6 is 27.5 Å². The lowest BCUT2D eigenvalue weighted by Gasteiger charge is -2.35. The number of hydrogen-bond donors (Lipinski definition) is 7. The molecule has 0 saturated heterocycles. The van der Waals surface area contributed by atoms with Crippen LogP contribution in [0.5, 0.6) is 0 Å². The van der Waals surface area contributed by atoms with Crippen molar-refractivity contribution < 1.29 is 34.9 Å². The first-order valence-electron chi connectivity index (χ1n) is 9.57. The zero-order chi connectivity index (χ0) is 24.4. The van der Waals surface area contributed by atoms with Crippen LogP contribution in [0.15, 0.2) is 22.7 Å². The molecule has 176 valence electrons. The van der Waals surface area contributed by atoms with Crippen molar-refractivity contribution >= 4 is 46.7 Å². The Morgan fingerprint density at radius 3 is 2.26 bits per heavy atom. The number of hydrogen-bond acceptors (Lipinski definition) is 7. The van der Waals surface area contributed by atoms with Crippen LogP contribution in [-0.2, 0) is 4.79 Å². The van der Waals surface area contributed by atoms with Gasteiger partial charge in [0.1, 0.15) is 0 Å². The number of aliphatic hydroxyl groups excluding tert-OH is 2. The standard InChI is InChI=1S/C19H28BrClN2O4.BH3O3/c1-11(2)7-15(17(26)19(3,4)10-24)23-16(25)9-22-18(27)13-8-12(20)5-6-14(13)21;2-1(3)4/h5-6,8,11,15,17,24,26H,7,9-10H2,1-4H3,(H,22,27)(H,23,25);2-4H/t15-,17?;/m1./s1. The van der Waals surface area contributed by atoms with Gasteiger partial charge in [-0.1, -0.05) is 55.2 Å². The Balaban J connectivity index is 0.00000206. The smallest absolute Gasteiger partial charge is 0.402 e. The van der Waals surface area contributed by atoms with Gasteiger partial charge in [0.2, 0.25) is 5.91 Å². The molecule has 0 bridgehead atoms. The molecule has 1 aromatic carbocycles. The minimum Gasteiger partial charge on any atom is -0.402 e. The van der Waals surface area contributed by atoms with E-state index in [1.165, 1.54) is 0 Å². The predicted octanol–water partition coefficient (Wildman–Crippen LogP) is 0.691. The number of amides is 2. The first kappa shape index (κ1) is 29.8. The van der Waals surface area contributed by atoms with Crippen molar-refractivity contribution in [2.24, 2.45) is 11.3 Å². The van der Waals surface area contributed by atoms with E-state index in [9.17, 15) is 19.8 Å². The Labute approximate surface area is 196 Å². The molecule has 0 aromatic heterocycles. The molecule has 1 rings (SSSR count). The van der Waals surface area contributed by atoms with Gasteiger partial charge in [-0.2, -0.15) is 0 Å². The van der Waals surface area contributed by atoms with Gasteiger partial charge in [0.05, 0.1) is 35.9 Å². The Morgan fingerprint density at radius 2 is 1.77 bits per heavy atom. The van der Waals surface area contributed by atoms with E-state index < -0.39 is 36.7 Å². The fraction of sp³-hybridized carbons (Fsp3) is 0.579. The second-order valence-corrected chi connectivity index (χ2v) is 9.37. The van der Waals surface area contributed by atoms with Crippen LogP contribution in [0, 0.1) is 11.3 Å². The SMILES string of the molecule is CC(C)C[C@@H](NC(=O)CNC(=O)c1cc(Br)ccc1Cl)C(O)C(C)(C)CO.OB(O)O. The second-order valence-electron chi connectivity index (χ2n) is 8.05. The highest BCUT2D eigenvalue weighted by molar-refractivity contribution is 9.10. The topological polar surface area (TPSA) is 159 Å². The molecule has 1 aromatic rings. The molecule has 0 spiro atoms. The lowest BCUT2D eigenvalue weighted by Crippen LogP contribution is -2.53. The van der Waals surface area contributed by atoms with E-state index in [0.717, 1.165) is 0 Å². The van der Waals surface area contributed by atoms with Crippen molar-refractivity contribution in [3.05, 3.63) is 33.3 Å². The van der Waals surface area contributed by atoms with Crippen molar-refractivity contribution in [1.29, 1.82) is 0 Å². The van der Waals surface area contributed by atoms with Gasteiger partial charge in [-0.15, -0.1) is 0 Å². The zero-order valence-corrected chi connectivity index (χ0v) is 20.3. The summed E-state index contributed by atoms with van der Waals surface area (Å²) in [4.78, 5) is 24.5. The lowest BCUT2D eigenvalue weighted by atomic mass is 9.81. The molecule has 9 nitrogen and oxygen atoms in total. The minimum absolute atomic E-state index is 0.212. The van der Waals surface area contributed by atoms with E-state index >= 15 is 0 Å². The summed E-state index contributed by atoms with van der Waals surface area (Å²) >= 11 is 9.29. The molecule has 0 fully saturated rings. The number of carbonyl (C=O) groups excluding carboxylic acids is 2. The van der Waals surface area contributed by atoms with E-state index in [1.807, 2.05) is 13.8 Å². The van der Waals surface area contributed by atoms with Gasteiger partial charge in [-0.05, 0) is 30.5 Å². The highest BCUT2D eigenvalue weighted by Crippen LogP contribution is 2.25. The van der Waals surface area contributed by atoms with Gasteiger partial charge in [0, 0.05) is 9.89 Å². The average Bonchev–Trinajstić information content (AvgIpc) is 2.66. The first-order chi connectivity index (χ1) is 14.2. The molecular formula is C19H31BBrClN2O7. The number of carbonyl (C=O) groups is 2. The van der Waals surface area contributed by atoms with Crippen LogP contribution in [0.25, 0.3) is 0 Å². The molecule has 0 aliphatic heterocycles. The number of aliphatic hydroxyl groups is 2. The quantitative estimate of drug-likeness (QED) is 0.234. The normalized spacial score (nSPS) is 13.0. The third-order valence-electron chi connectivity index (χ3n) is 4.24. The second kappa shape index (κ2) is 14.0. The highest BCUT2D eigenvalue weighted by Gasteiger charge is 2.35. The Hall–Kier alpha value is -1.21. The summed E-state index contributed by atoms with van der Waals surface area (Å²) < 4.78 is 0.702. The van der Waals surface area contributed by atoms with E-state index in [2.05, 4.69) is 26.6 Å².